The minimum Gasteiger partial charge on any atom is -0.456 e. The summed E-state index contributed by atoms with van der Waals surface area (Å²) in [5.74, 6) is 0.800. The minimum absolute atomic E-state index is 0.259. The second kappa shape index (κ2) is 9.97. The first-order valence-electron chi connectivity index (χ1n) is 14.9. The maximum atomic E-state index is 6.57. The molecule has 5 heteroatoms. The number of fused-ring (bicyclic) bond motifs is 6. The molecule has 8 aromatic rings. The van der Waals surface area contributed by atoms with Gasteiger partial charge < -0.3 is 14.2 Å². The fourth-order valence-electron chi connectivity index (χ4n) is 6.55. The van der Waals surface area contributed by atoms with Crippen LogP contribution in [0.15, 0.2) is 153 Å². The van der Waals surface area contributed by atoms with E-state index in [9.17, 15) is 0 Å². The van der Waals surface area contributed by atoms with Crippen molar-refractivity contribution in [2.24, 2.45) is 4.99 Å². The van der Waals surface area contributed by atoms with E-state index < -0.39 is 0 Å². The number of nitrogens with one attached hydrogen (secondary N) is 2. The van der Waals surface area contributed by atoms with Gasteiger partial charge in [0.15, 0.2) is 0 Å². The standard InChI is InChI=1S/C39H27N3O2/c1-3-12-24(13-4-1)26-17-9-19-29-34-30(20-11-23-33(34)44-35(26)29)38-40-37(25-14-5-2-6-15-25)41-39(42-38)31-21-10-18-28-27-16-7-8-22-32(27)43-36(28)31/h1-23,37,39,41H,(H,40,42). The molecule has 44 heavy (non-hydrogen) atoms. The van der Waals surface area contributed by atoms with Crippen LogP contribution in [0.1, 0.15) is 29.0 Å². The molecule has 2 N–H and O–H groups in total. The van der Waals surface area contributed by atoms with E-state index in [-0.39, 0.29) is 12.3 Å². The summed E-state index contributed by atoms with van der Waals surface area (Å²) >= 11 is 0. The number of benzene rings is 6. The van der Waals surface area contributed by atoms with Crippen LogP contribution < -0.4 is 10.6 Å². The zero-order valence-corrected chi connectivity index (χ0v) is 23.7. The van der Waals surface area contributed by atoms with Gasteiger partial charge >= 0.3 is 0 Å². The van der Waals surface area contributed by atoms with E-state index in [1.165, 1.54) is 0 Å². The Bertz CT molecular complexity index is 2350. The van der Waals surface area contributed by atoms with Crippen LogP contribution in [0.25, 0.3) is 55.0 Å². The molecule has 0 fully saturated rings. The highest BCUT2D eigenvalue weighted by Gasteiger charge is 2.29. The summed E-state index contributed by atoms with van der Waals surface area (Å²) in [6.07, 6.45) is -0.532. The molecule has 0 amide bonds. The Morgan fingerprint density at radius 2 is 1.18 bits per heavy atom. The van der Waals surface area contributed by atoms with Crippen molar-refractivity contribution in [1.29, 1.82) is 0 Å². The third-order valence-corrected chi connectivity index (χ3v) is 8.59. The number of amidine groups is 1. The Morgan fingerprint density at radius 3 is 2.07 bits per heavy atom. The fraction of sp³-hybridized carbons (Fsp3) is 0.0513. The van der Waals surface area contributed by atoms with E-state index in [0.717, 1.165) is 77.5 Å². The first-order chi connectivity index (χ1) is 21.8. The Kier molecular flexibility index (Phi) is 5.64. The Hall–Kier alpha value is -5.65. The van der Waals surface area contributed by atoms with E-state index >= 15 is 0 Å². The average Bonchev–Trinajstić information content (AvgIpc) is 3.67. The smallest absolute Gasteiger partial charge is 0.143 e. The zero-order valence-electron chi connectivity index (χ0n) is 23.7. The molecule has 9 rings (SSSR count). The lowest BCUT2D eigenvalue weighted by Crippen LogP contribution is -2.45. The number of hydrogen-bond donors (Lipinski definition) is 2. The maximum absolute atomic E-state index is 6.57. The van der Waals surface area contributed by atoms with Gasteiger partial charge in [0.25, 0.3) is 0 Å². The van der Waals surface area contributed by atoms with Crippen LogP contribution in [-0.2, 0) is 0 Å². The molecule has 210 valence electrons. The fourth-order valence-corrected chi connectivity index (χ4v) is 6.55. The van der Waals surface area contributed by atoms with Crippen LogP contribution in [0.3, 0.4) is 0 Å². The SMILES string of the molecule is c1ccc(-c2cccc3c2oc2cccc(C4=NC(c5ccccc5)NC(c5cccc6c5oc5ccccc56)N4)c23)cc1. The van der Waals surface area contributed by atoms with E-state index in [1.807, 2.05) is 36.4 Å². The number of furan rings is 2. The average molecular weight is 570 g/mol. The highest BCUT2D eigenvalue weighted by molar-refractivity contribution is 6.19. The van der Waals surface area contributed by atoms with E-state index in [0.29, 0.717) is 0 Å². The summed E-state index contributed by atoms with van der Waals surface area (Å²) in [5, 5.41) is 11.8. The maximum Gasteiger partial charge on any atom is 0.143 e. The topological polar surface area (TPSA) is 62.7 Å². The minimum atomic E-state index is -0.273. The van der Waals surface area contributed by atoms with Gasteiger partial charge in [0.1, 0.15) is 40.5 Å². The largest absolute Gasteiger partial charge is 0.456 e. The van der Waals surface area contributed by atoms with Crippen molar-refractivity contribution in [2.75, 3.05) is 0 Å². The number of nitrogens with zero attached hydrogens (tertiary/aromatic N) is 1. The van der Waals surface area contributed by atoms with Crippen LogP contribution in [0.4, 0.5) is 0 Å². The van der Waals surface area contributed by atoms with Gasteiger partial charge in [-0.3, -0.25) is 5.32 Å². The van der Waals surface area contributed by atoms with Crippen LogP contribution in [0.5, 0.6) is 0 Å². The van der Waals surface area contributed by atoms with Gasteiger partial charge in [0.05, 0.1) is 0 Å². The molecule has 0 saturated carbocycles. The highest BCUT2D eigenvalue weighted by Crippen LogP contribution is 2.39. The molecule has 0 aliphatic carbocycles. The van der Waals surface area contributed by atoms with Crippen LogP contribution in [-0.4, -0.2) is 5.84 Å². The summed E-state index contributed by atoms with van der Waals surface area (Å²) in [6.45, 7) is 0. The molecule has 1 aliphatic heterocycles. The van der Waals surface area contributed by atoms with Crippen molar-refractivity contribution in [3.8, 4) is 11.1 Å². The molecule has 5 nitrogen and oxygen atoms in total. The monoisotopic (exact) mass is 569 g/mol. The van der Waals surface area contributed by atoms with Gasteiger partial charge in [-0.1, -0.05) is 127 Å². The van der Waals surface area contributed by atoms with Gasteiger partial charge in [-0.05, 0) is 23.3 Å². The van der Waals surface area contributed by atoms with E-state index in [4.69, 9.17) is 13.8 Å². The van der Waals surface area contributed by atoms with Crippen molar-refractivity contribution < 1.29 is 8.83 Å². The number of rotatable bonds is 4. The molecule has 0 radical (unpaired) electrons. The zero-order chi connectivity index (χ0) is 29.0. The summed E-state index contributed by atoms with van der Waals surface area (Å²) < 4.78 is 13.0. The Morgan fingerprint density at radius 1 is 0.523 bits per heavy atom. The molecule has 0 saturated heterocycles. The lowest BCUT2D eigenvalue weighted by atomic mass is 9.99. The van der Waals surface area contributed by atoms with Gasteiger partial charge in [-0.15, -0.1) is 0 Å². The molecular formula is C39H27N3O2. The van der Waals surface area contributed by atoms with Crippen molar-refractivity contribution in [3.63, 3.8) is 0 Å². The summed E-state index contributed by atoms with van der Waals surface area (Å²) in [5.41, 5.74) is 8.76. The van der Waals surface area contributed by atoms with E-state index in [2.05, 4.69) is 114 Å². The predicted molar refractivity (Wildman–Crippen MR) is 178 cm³/mol. The normalized spacial score (nSPS) is 16.9. The van der Waals surface area contributed by atoms with Gasteiger partial charge in [-0.25, -0.2) is 4.99 Å². The molecule has 1 aliphatic rings. The first kappa shape index (κ1) is 24.9. The quantitative estimate of drug-likeness (QED) is 0.222. The van der Waals surface area contributed by atoms with Gasteiger partial charge in [-0.2, -0.15) is 0 Å². The van der Waals surface area contributed by atoms with E-state index in [1.54, 1.807) is 0 Å². The van der Waals surface area contributed by atoms with Crippen LogP contribution >= 0.6 is 0 Å². The second-order valence-electron chi connectivity index (χ2n) is 11.2. The van der Waals surface area contributed by atoms with Crippen LogP contribution in [0, 0.1) is 0 Å². The molecule has 0 bridgehead atoms. The summed E-state index contributed by atoms with van der Waals surface area (Å²) in [6, 6.07) is 47.9. The van der Waals surface area contributed by atoms with Crippen molar-refractivity contribution in [3.05, 3.63) is 156 Å². The summed E-state index contributed by atoms with van der Waals surface area (Å²) in [4.78, 5) is 5.26. The lowest BCUT2D eigenvalue weighted by molar-refractivity contribution is 0.408. The third kappa shape index (κ3) is 3.94. The predicted octanol–water partition coefficient (Wildman–Crippen LogP) is 9.49. The number of aliphatic imine (C=N–C) groups is 1. The van der Waals surface area contributed by atoms with Gasteiger partial charge in [0, 0.05) is 38.2 Å². The molecule has 6 aromatic carbocycles. The number of para-hydroxylation sites is 3. The van der Waals surface area contributed by atoms with Gasteiger partial charge in [0.2, 0.25) is 0 Å². The molecule has 2 atom stereocenters. The second-order valence-corrected chi connectivity index (χ2v) is 11.2. The molecular weight excluding hydrogens is 542 g/mol. The Labute approximate surface area is 253 Å². The molecule has 3 heterocycles. The van der Waals surface area contributed by atoms with Crippen LogP contribution in [0.2, 0.25) is 0 Å². The van der Waals surface area contributed by atoms with Crippen molar-refractivity contribution >= 4 is 49.7 Å². The summed E-state index contributed by atoms with van der Waals surface area (Å²) in [7, 11) is 0. The lowest BCUT2D eigenvalue weighted by Gasteiger charge is -2.32. The highest BCUT2D eigenvalue weighted by atomic mass is 16.3. The number of hydrogen-bond acceptors (Lipinski definition) is 5. The molecule has 2 aromatic heterocycles. The Balaban J connectivity index is 1.23. The third-order valence-electron chi connectivity index (χ3n) is 8.59. The molecule has 0 spiro atoms. The van der Waals surface area contributed by atoms with Crippen molar-refractivity contribution in [1.82, 2.24) is 10.6 Å². The molecule has 2 unspecified atom stereocenters. The first-order valence-corrected chi connectivity index (χ1v) is 14.9. The van der Waals surface area contributed by atoms with Crippen molar-refractivity contribution in [2.45, 2.75) is 12.3 Å².